The quantitative estimate of drug-likeness (QED) is 0.0775. The highest BCUT2D eigenvalue weighted by atomic mass is 35.5. The van der Waals surface area contributed by atoms with E-state index >= 15 is 0 Å². The van der Waals surface area contributed by atoms with Gasteiger partial charge in [0, 0.05) is 73.0 Å². The fraction of sp³-hybridized carbons (Fsp3) is 0.517. The van der Waals surface area contributed by atoms with Crippen LogP contribution in [0.1, 0.15) is 151 Å². The Balaban J connectivity index is 0.794. The zero-order valence-electron chi connectivity index (χ0n) is 43.1. The summed E-state index contributed by atoms with van der Waals surface area (Å²) in [6.07, 6.45) is 3.20. The van der Waals surface area contributed by atoms with E-state index in [1.54, 1.807) is 29.5 Å². The molecule has 3 aromatic carbocycles. The number of aliphatic hydroxyl groups excluding tert-OH is 1. The fourth-order valence-corrected chi connectivity index (χ4v) is 12.6. The molecule has 3 heterocycles. The second-order valence-electron chi connectivity index (χ2n) is 22.7. The molecular weight excluding hydrogens is 946 g/mol. The normalized spacial score (nSPS) is 22.2. The predicted molar refractivity (Wildman–Crippen MR) is 279 cm³/mol. The Labute approximate surface area is 433 Å². The first kappa shape index (κ1) is 52.7. The van der Waals surface area contributed by atoms with Gasteiger partial charge in [0.15, 0.2) is 5.78 Å². The third-order valence-corrected chi connectivity index (χ3v) is 16.7. The molecule has 0 radical (unpaired) electrons. The number of Topliss-reactive ketones (excluding diaryl/α,β-unsaturated/α-hetero) is 1. The predicted octanol–water partition coefficient (Wildman–Crippen LogP) is 10.2. The van der Waals surface area contributed by atoms with Gasteiger partial charge >= 0.3 is 0 Å². The topological polar surface area (TPSA) is 162 Å². The van der Waals surface area contributed by atoms with Crippen LogP contribution in [0.15, 0.2) is 66.2 Å². The molecule has 0 unspecified atom stereocenters. The molecule has 1 saturated heterocycles. The molecule has 3 amide bonds. The van der Waals surface area contributed by atoms with Gasteiger partial charge in [-0.05, 0) is 97.4 Å². The van der Waals surface area contributed by atoms with E-state index in [0.29, 0.717) is 67.2 Å². The van der Waals surface area contributed by atoms with Crippen LogP contribution in [0.2, 0.25) is 5.02 Å². The average molecular weight is 1010 g/mol. The van der Waals surface area contributed by atoms with Crippen molar-refractivity contribution in [3.8, 4) is 34.1 Å². The van der Waals surface area contributed by atoms with Crippen LogP contribution in [0.3, 0.4) is 0 Å². The standard InChI is InChI=1S/C58H68ClN5O7S/c1-35(38-17-19-39(20-18-38)48-36(2)61-34-72-48)15-24-47(66)46-29-42(65)33-63(46)51(68)49(55(3,4)5)62-54(69)58(25-26-58)70-27-13-11-10-12-14-37-16-23-44-41(28-37)32-64(50(44)67)52-56(6,7)53(57(52,8)9)71-43-22-21-40(31-60)45(59)30-43/h16-23,28,30,34-35,42,46,49,52-53,65H,10-11,13,15,24-27,29,32-33H2,1-9H3,(H,62,69)/t35-,42-,46-,49-,52-,53-/m1/s1. The Morgan fingerprint density at radius 3 is 2.39 bits per heavy atom. The van der Waals surface area contributed by atoms with Gasteiger partial charge in [0.1, 0.15) is 29.6 Å². The summed E-state index contributed by atoms with van der Waals surface area (Å²) in [4.78, 5) is 64.8. The second kappa shape index (κ2) is 20.7. The van der Waals surface area contributed by atoms with Crippen LogP contribution >= 0.6 is 22.9 Å². The van der Waals surface area contributed by atoms with Gasteiger partial charge in [-0.15, -0.1) is 11.3 Å². The SMILES string of the molecule is Cc1ncsc1-c1ccc([C@H](C)CCC(=O)[C@H]2C[C@@H](O)CN2C(=O)[C@@H](NC(=O)C2(OCCCCC#Cc3ccc4c(c3)CN([C@H]3C(C)(C)[C@H](Oc5ccc(C#N)c(Cl)c5)C3(C)C)C4=O)CC2)C(C)(C)C)cc1. The number of aryl methyl sites for hydroxylation is 1. The molecule has 14 heteroatoms. The Bertz CT molecular complexity index is 2810. The summed E-state index contributed by atoms with van der Waals surface area (Å²) in [5.41, 5.74) is 5.55. The van der Waals surface area contributed by atoms with Gasteiger partial charge in [-0.2, -0.15) is 5.26 Å². The lowest BCUT2D eigenvalue weighted by molar-refractivity contribution is -0.199. The number of nitriles is 1. The highest BCUT2D eigenvalue weighted by Gasteiger charge is 2.67. The van der Waals surface area contributed by atoms with Crippen LogP contribution in [0.5, 0.6) is 5.75 Å². The van der Waals surface area contributed by atoms with Gasteiger partial charge in [0.2, 0.25) is 5.91 Å². The highest BCUT2D eigenvalue weighted by molar-refractivity contribution is 7.13. The maximum absolute atomic E-state index is 14.3. The molecule has 2 aliphatic carbocycles. The summed E-state index contributed by atoms with van der Waals surface area (Å²) in [7, 11) is 0. The number of carbonyl (C=O) groups is 4. The van der Waals surface area contributed by atoms with Crippen molar-refractivity contribution in [2.45, 2.75) is 162 Å². The van der Waals surface area contributed by atoms with Crippen molar-refractivity contribution < 1.29 is 33.8 Å². The van der Waals surface area contributed by atoms with Crippen LogP contribution in [-0.2, 0) is 25.7 Å². The number of fused-ring (bicyclic) bond motifs is 1. The Hall–Kier alpha value is -5.57. The van der Waals surface area contributed by atoms with Crippen molar-refractivity contribution in [3.05, 3.63) is 105 Å². The molecule has 4 atom stereocenters. The minimum absolute atomic E-state index is 0.00281. The number of hydrogen-bond acceptors (Lipinski definition) is 10. The maximum Gasteiger partial charge on any atom is 0.254 e. The van der Waals surface area contributed by atoms with E-state index in [9.17, 15) is 29.5 Å². The van der Waals surface area contributed by atoms with Crippen LogP contribution in [-0.4, -0.2) is 92.5 Å². The molecule has 4 aromatic rings. The summed E-state index contributed by atoms with van der Waals surface area (Å²) < 4.78 is 12.7. The summed E-state index contributed by atoms with van der Waals surface area (Å²) in [6, 6.07) is 19.6. The van der Waals surface area contributed by atoms with E-state index in [1.165, 1.54) is 4.90 Å². The molecule has 8 rings (SSSR count). The van der Waals surface area contributed by atoms with Crippen molar-refractivity contribution in [2.75, 3.05) is 13.2 Å². The number of thiazole rings is 1. The Morgan fingerprint density at radius 2 is 1.75 bits per heavy atom. The number of ketones is 1. The maximum atomic E-state index is 14.3. The van der Waals surface area contributed by atoms with Gasteiger partial charge in [0.05, 0.1) is 38.8 Å². The molecule has 3 fully saturated rings. The molecule has 2 aliphatic heterocycles. The lowest BCUT2D eigenvalue weighted by Gasteiger charge is -2.65. The Kier molecular flexibility index (Phi) is 15.2. The second-order valence-corrected chi connectivity index (χ2v) is 23.9. The number of amides is 3. The minimum Gasteiger partial charge on any atom is -0.489 e. The van der Waals surface area contributed by atoms with Crippen molar-refractivity contribution >= 4 is 46.4 Å². The number of ether oxygens (including phenoxy) is 2. The third-order valence-electron chi connectivity index (χ3n) is 15.4. The monoisotopic (exact) mass is 1010 g/mol. The highest BCUT2D eigenvalue weighted by Crippen LogP contribution is 2.59. The van der Waals surface area contributed by atoms with E-state index in [4.69, 9.17) is 21.1 Å². The van der Waals surface area contributed by atoms with Gasteiger partial charge < -0.3 is 29.7 Å². The molecule has 380 valence electrons. The molecule has 2 saturated carbocycles. The summed E-state index contributed by atoms with van der Waals surface area (Å²) >= 11 is 7.92. The van der Waals surface area contributed by atoms with Crippen LogP contribution in [0.4, 0.5) is 0 Å². The number of nitrogens with zero attached hydrogens (tertiary/aromatic N) is 4. The van der Waals surface area contributed by atoms with E-state index in [0.717, 1.165) is 39.2 Å². The first-order valence-electron chi connectivity index (χ1n) is 25.3. The summed E-state index contributed by atoms with van der Waals surface area (Å²) in [6.45, 7) is 19.2. The van der Waals surface area contributed by atoms with Crippen molar-refractivity contribution in [1.82, 2.24) is 20.1 Å². The molecule has 1 aromatic heterocycles. The number of carbonyl (C=O) groups excluding carboxylic acids is 4. The van der Waals surface area contributed by atoms with Crippen molar-refractivity contribution in [3.63, 3.8) is 0 Å². The number of rotatable bonds is 17. The first-order chi connectivity index (χ1) is 34.0. The van der Waals surface area contributed by atoms with Gasteiger partial charge in [-0.3, -0.25) is 19.2 Å². The van der Waals surface area contributed by atoms with Crippen LogP contribution in [0.25, 0.3) is 10.4 Å². The van der Waals surface area contributed by atoms with E-state index < -0.39 is 29.2 Å². The minimum atomic E-state index is -1.00. The fourth-order valence-electron chi connectivity index (χ4n) is 11.6. The largest absolute Gasteiger partial charge is 0.489 e. The molecule has 0 bridgehead atoms. The number of hydrogen-bond donors (Lipinski definition) is 2. The zero-order chi connectivity index (χ0) is 51.9. The molecule has 12 nitrogen and oxygen atoms in total. The third kappa shape index (κ3) is 10.7. The number of aliphatic hydroxyl groups is 1. The lowest BCUT2D eigenvalue weighted by Crippen LogP contribution is -2.74. The molecule has 72 heavy (non-hydrogen) atoms. The average Bonchev–Trinajstić information content (AvgIpc) is 3.66. The van der Waals surface area contributed by atoms with Crippen LogP contribution < -0.4 is 10.1 Å². The van der Waals surface area contributed by atoms with E-state index in [1.807, 2.05) is 56.3 Å². The van der Waals surface area contributed by atoms with Crippen molar-refractivity contribution in [2.24, 2.45) is 16.2 Å². The van der Waals surface area contributed by atoms with E-state index in [-0.39, 0.29) is 71.8 Å². The van der Waals surface area contributed by atoms with Gasteiger partial charge in [-0.1, -0.05) is 103 Å². The van der Waals surface area contributed by atoms with Gasteiger partial charge in [-0.25, -0.2) is 4.98 Å². The molecular formula is C58H68ClN5O7S. The number of unbranched alkanes of at least 4 members (excludes halogenated alkanes) is 2. The summed E-state index contributed by atoms with van der Waals surface area (Å²) in [5.74, 6) is 6.48. The zero-order valence-corrected chi connectivity index (χ0v) is 44.6. The molecule has 0 spiro atoms. The number of benzene rings is 3. The van der Waals surface area contributed by atoms with Crippen LogP contribution in [0, 0.1) is 46.3 Å². The van der Waals surface area contributed by atoms with Crippen molar-refractivity contribution in [1.29, 1.82) is 5.26 Å². The number of nitrogens with one attached hydrogen (secondary N) is 1. The Morgan fingerprint density at radius 1 is 1.03 bits per heavy atom. The number of aromatic nitrogens is 1. The number of β-amino-alcohol motifs (C(OH)–C–C–N with tert-alkyl or cyclic N) is 1. The number of likely N-dealkylation sites (tertiary alicyclic amines) is 1. The summed E-state index contributed by atoms with van der Waals surface area (Å²) in [5, 5.41) is 23.4. The smallest absolute Gasteiger partial charge is 0.254 e. The number of halogens is 1. The molecule has 4 aliphatic rings. The lowest BCUT2D eigenvalue weighted by atomic mass is 9.49. The molecule has 2 N–H and O–H groups in total. The van der Waals surface area contributed by atoms with Gasteiger partial charge in [0.25, 0.3) is 11.8 Å². The first-order valence-corrected chi connectivity index (χ1v) is 26.6. The van der Waals surface area contributed by atoms with E-state index in [2.05, 4.69) is 87.1 Å².